The van der Waals surface area contributed by atoms with Gasteiger partial charge in [-0.2, -0.15) is 0 Å². The Morgan fingerprint density at radius 3 is 2.56 bits per heavy atom. The molecule has 0 aliphatic rings. The molecular weight excluding hydrogens is 316 g/mol. The van der Waals surface area contributed by atoms with Crippen molar-refractivity contribution in [2.45, 2.75) is 40.7 Å². The molecule has 0 fully saturated rings. The molecule has 1 heterocycles. The first-order chi connectivity index (χ1) is 11.9. The first kappa shape index (κ1) is 18.8. The number of hydrogen-bond donors (Lipinski definition) is 1. The molecule has 1 aromatic heterocycles. The summed E-state index contributed by atoms with van der Waals surface area (Å²) in [5, 5.41) is 2.87. The topological polar surface area (TPSA) is 62.6 Å². The maximum Gasteiger partial charge on any atom is 0.254 e. The van der Waals surface area contributed by atoms with Gasteiger partial charge in [0.25, 0.3) is 5.91 Å². The maximum atomic E-state index is 12.8. The Bertz CT molecular complexity index is 736. The zero-order chi connectivity index (χ0) is 18.4. The first-order valence-corrected chi connectivity index (χ1v) is 8.70. The van der Waals surface area contributed by atoms with Gasteiger partial charge in [0.15, 0.2) is 0 Å². The van der Waals surface area contributed by atoms with Gasteiger partial charge in [-0.05, 0) is 50.6 Å². The minimum atomic E-state index is -0.0869. The normalized spacial score (nSPS) is 11.8. The molecule has 1 aromatic carbocycles. The maximum absolute atomic E-state index is 12.8. The lowest BCUT2D eigenvalue weighted by molar-refractivity contribution is -0.119. The third-order valence-corrected chi connectivity index (χ3v) is 4.25. The van der Waals surface area contributed by atoms with Gasteiger partial charge in [0.1, 0.15) is 11.5 Å². The summed E-state index contributed by atoms with van der Waals surface area (Å²) in [6.07, 6.45) is 0.774. The Morgan fingerprint density at radius 1 is 1.20 bits per heavy atom. The van der Waals surface area contributed by atoms with Crippen LogP contribution >= 0.6 is 0 Å². The van der Waals surface area contributed by atoms with Crippen molar-refractivity contribution in [2.24, 2.45) is 5.92 Å². The molecule has 2 amide bonds. The number of anilines is 1. The van der Waals surface area contributed by atoms with Crippen LogP contribution in [0.2, 0.25) is 0 Å². The van der Waals surface area contributed by atoms with Crippen LogP contribution in [-0.4, -0.2) is 23.3 Å². The highest BCUT2D eigenvalue weighted by Crippen LogP contribution is 2.17. The summed E-state index contributed by atoms with van der Waals surface area (Å²) in [5.74, 6) is 1.40. The number of nitrogens with one attached hydrogen (secondary N) is 1. The summed E-state index contributed by atoms with van der Waals surface area (Å²) in [7, 11) is 0. The van der Waals surface area contributed by atoms with E-state index >= 15 is 0 Å². The number of carbonyl (C=O) groups is 2. The summed E-state index contributed by atoms with van der Waals surface area (Å²) in [4.78, 5) is 26.5. The summed E-state index contributed by atoms with van der Waals surface area (Å²) >= 11 is 0. The third-order valence-electron chi connectivity index (χ3n) is 4.25. The summed E-state index contributed by atoms with van der Waals surface area (Å²) < 4.78 is 5.57. The van der Waals surface area contributed by atoms with E-state index < -0.39 is 0 Å². The molecule has 0 bridgehead atoms. The minimum Gasteiger partial charge on any atom is -0.464 e. The van der Waals surface area contributed by atoms with Crippen molar-refractivity contribution < 1.29 is 14.0 Å². The number of furan rings is 1. The average molecular weight is 342 g/mol. The van der Waals surface area contributed by atoms with Gasteiger partial charge < -0.3 is 14.6 Å². The van der Waals surface area contributed by atoms with E-state index in [0.29, 0.717) is 24.3 Å². The molecule has 0 radical (unpaired) electrons. The second kappa shape index (κ2) is 8.51. The number of hydrogen-bond acceptors (Lipinski definition) is 3. The van der Waals surface area contributed by atoms with Crippen molar-refractivity contribution in [3.8, 4) is 0 Å². The molecule has 5 nitrogen and oxygen atoms in total. The van der Waals surface area contributed by atoms with Gasteiger partial charge in [0, 0.05) is 23.7 Å². The number of aryl methyl sites for hydroxylation is 1. The van der Waals surface area contributed by atoms with Crippen molar-refractivity contribution in [1.82, 2.24) is 4.90 Å². The SMILES string of the molecule is CCC(C)C(=O)Nc1cccc(C(=O)N(CC)Cc2ccc(C)o2)c1. The summed E-state index contributed by atoms with van der Waals surface area (Å²) in [6.45, 7) is 8.66. The molecule has 0 saturated heterocycles. The Balaban J connectivity index is 2.12. The van der Waals surface area contributed by atoms with E-state index in [1.807, 2.05) is 39.8 Å². The van der Waals surface area contributed by atoms with Crippen LogP contribution in [-0.2, 0) is 11.3 Å². The fourth-order valence-electron chi connectivity index (χ4n) is 2.45. The van der Waals surface area contributed by atoms with Gasteiger partial charge >= 0.3 is 0 Å². The third kappa shape index (κ3) is 4.95. The highest BCUT2D eigenvalue weighted by Gasteiger charge is 2.17. The van der Waals surface area contributed by atoms with E-state index in [4.69, 9.17) is 4.42 Å². The lowest BCUT2D eigenvalue weighted by Crippen LogP contribution is -2.30. The Labute approximate surface area is 149 Å². The average Bonchev–Trinajstić information content (AvgIpc) is 3.03. The summed E-state index contributed by atoms with van der Waals surface area (Å²) in [6, 6.07) is 10.8. The van der Waals surface area contributed by atoms with Crippen molar-refractivity contribution in [1.29, 1.82) is 0 Å². The van der Waals surface area contributed by atoms with Crippen LogP contribution in [0, 0.1) is 12.8 Å². The highest BCUT2D eigenvalue weighted by molar-refractivity contribution is 5.97. The minimum absolute atomic E-state index is 0.0366. The molecule has 5 heteroatoms. The molecule has 2 rings (SSSR count). The van der Waals surface area contributed by atoms with Crippen molar-refractivity contribution in [3.05, 3.63) is 53.5 Å². The fraction of sp³-hybridized carbons (Fsp3) is 0.400. The van der Waals surface area contributed by atoms with Crippen molar-refractivity contribution in [2.75, 3.05) is 11.9 Å². The zero-order valence-corrected chi connectivity index (χ0v) is 15.3. The van der Waals surface area contributed by atoms with Crippen molar-refractivity contribution in [3.63, 3.8) is 0 Å². The van der Waals surface area contributed by atoms with Crippen LogP contribution < -0.4 is 5.32 Å². The predicted molar refractivity (Wildman–Crippen MR) is 98.4 cm³/mol. The van der Waals surface area contributed by atoms with Gasteiger partial charge in [-0.15, -0.1) is 0 Å². The van der Waals surface area contributed by atoms with Crippen LogP contribution in [0.1, 0.15) is 49.1 Å². The van der Waals surface area contributed by atoms with Crippen LogP contribution in [0.3, 0.4) is 0 Å². The van der Waals surface area contributed by atoms with Gasteiger partial charge in [-0.1, -0.05) is 19.9 Å². The molecule has 1 N–H and O–H groups in total. The first-order valence-electron chi connectivity index (χ1n) is 8.70. The van der Waals surface area contributed by atoms with Crippen LogP contribution in [0.5, 0.6) is 0 Å². The van der Waals surface area contributed by atoms with E-state index in [9.17, 15) is 9.59 Å². The second-order valence-corrected chi connectivity index (χ2v) is 6.21. The van der Waals surface area contributed by atoms with Crippen LogP contribution in [0.15, 0.2) is 40.8 Å². The Kier molecular flexibility index (Phi) is 6.39. The molecule has 1 unspecified atom stereocenters. The van der Waals surface area contributed by atoms with Gasteiger partial charge in [0.2, 0.25) is 5.91 Å². The van der Waals surface area contributed by atoms with E-state index in [2.05, 4.69) is 5.32 Å². The number of carbonyl (C=O) groups excluding carboxylic acids is 2. The second-order valence-electron chi connectivity index (χ2n) is 6.21. The molecule has 0 saturated carbocycles. The predicted octanol–water partition coefficient (Wildman–Crippen LogP) is 4.23. The Morgan fingerprint density at radius 2 is 1.96 bits per heavy atom. The molecule has 25 heavy (non-hydrogen) atoms. The molecular formula is C20H26N2O3. The van der Waals surface area contributed by atoms with Gasteiger partial charge in [0.05, 0.1) is 6.54 Å². The molecule has 1 atom stereocenters. The Hall–Kier alpha value is -2.56. The molecule has 134 valence electrons. The van der Waals surface area contributed by atoms with E-state index in [1.165, 1.54) is 0 Å². The van der Waals surface area contributed by atoms with E-state index in [1.54, 1.807) is 29.2 Å². The number of nitrogens with zero attached hydrogens (tertiary/aromatic N) is 1. The number of rotatable bonds is 7. The van der Waals surface area contributed by atoms with Crippen LogP contribution in [0.4, 0.5) is 5.69 Å². The smallest absolute Gasteiger partial charge is 0.254 e. The lowest BCUT2D eigenvalue weighted by atomic mass is 10.1. The van der Waals surface area contributed by atoms with Gasteiger partial charge in [-0.3, -0.25) is 9.59 Å². The molecule has 0 spiro atoms. The highest BCUT2D eigenvalue weighted by atomic mass is 16.3. The number of benzene rings is 1. The zero-order valence-electron chi connectivity index (χ0n) is 15.3. The van der Waals surface area contributed by atoms with E-state index in [0.717, 1.165) is 17.9 Å². The standard InChI is InChI=1S/C20H26N2O3/c1-5-14(3)19(23)21-17-9-7-8-16(12-17)20(24)22(6-2)13-18-11-10-15(4)25-18/h7-12,14H,5-6,13H2,1-4H3,(H,21,23). The lowest BCUT2D eigenvalue weighted by Gasteiger charge is -2.20. The number of amides is 2. The molecule has 0 aliphatic heterocycles. The van der Waals surface area contributed by atoms with E-state index in [-0.39, 0.29) is 17.7 Å². The summed E-state index contributed by atoms with van der Waals surface area (Å²) in [5.41, 5.74) is 1.19. The van der Waals surface area contributed by atoms with Gasteiger partial charge in [-0.25, -0.2) is 0 Å². The largest absolute Gasteiger partial charge is 0.464 e. The monoisotopic (exact) mass is 342 g/mol. The van der Waals surface area contributed by atoms with Crippen LogP contribution in [0.25, 0.3) is 0 Å². The van der Waals surface area contributed by atoms with Crippen molar-refractivity contribution >= 4 is 17.5 Å². The molecule has 2 aromatic rings. The quantitative estimate of drug-likeness (QED) is 0.819. The fourth-order valence-corrected chi connectivity index (χ4v) is 2.45. The molecule has 0 aliphatic carbocycles.